The van der Waals surface area contributed by atoms with Gasteiger partial charge in [0, 0.05) is 35.0 Å². The molecule has 18 nitrogen and oxygen atoms in total. The quantitative estimate of drug-likeness (QED) is 0.0866. The summed E-state index contributed by atoms with van der Waals surface area (Å²) in [6.07, 6.45) is 1.14. The lowest BCUT2D eigenvalue weighted by atomic mass is 9.78. The minimum absolute atomic E-state index is 0.0198. The van der Waals surface area contributed by atoms with Crippen molar-refractivity contribution in [1.29, 1.82) is 0 Å². The van der Waals surface area contributed by atoms with E-state index >= 15 is 0 Å². The molecule has 4 saturated carbocycles. The van der Waals surface area contributed by atoms with Crippen LogP contribution in [0.5, 0.6) is 0 Å². The molecule has 0 aromatic rings. The van der Waals surface area contributed by atoms with Gasteiger partial charge in [-0.05, 0) is 31.6 Å². The zero-order chi connectivity index (χ0) is 43.9. The molecule has 9 fully saturated rings. The maximum Gasteiger partial charge on any atom is 0.312 e. The SMILES string of the molecule is CC(CS)C(=O)OCOC1C2CC3C(=O)OC1C3C2.CC(CS)C(=O)OCOC1C2CC3C(=O)OC1C3O2.COC(=O)C1C2CC3C(OC(=O)C31)C2OCOC(=O)C(C)CS. The molecular weight excluding hydrogens is 865 g/mol. The Morgan fingerprint density at radius 2 is 1.10 bits per heavy atom. The number of thiol groups is 3. The van der Waals surface area contributed by atoms with Gasteiger partial charge in [0.05, 0.1) is 54.6 Å². The maximum absolute atomic E-state index is 12.0. The maximum atomic E-state index is 12.0. The summed E-state index contributed by atoms with van der Waals surface area (Å²) < 4.78 is 58.3. The van der Waals surface area contributed by atoms with E-state index in [1.807, 2.05) is 0 Å². The van der Waals surface area contributed by atoms with Crippen molar-refractivity contribution in [2.45, 2.75) is 95.3 Å². The third-order valence-corrected chi connectivity index (χ3v) is 15.3. The summed E-state index contributed by atoms with van der Waals surface area (Å²) in [5.74, 6) is -2.14. The average molecular weight is 919 g/mol. The predicted molar refractivity (Wildman–Crippen MR) is 213 cm³/mol. The van der Waals surface area contributed by atoms with Crippen LogP contribution in [0.25, 0.3) is 0 Å². The summed E-state index contributed by atoms with van der Waals surface area (Å²) in [5, 5.41) is 0. The summed E-state index contributed by atoms with van der Waals surface area (Å²) in [6, 6.07) is 0. The van der Waals surface area contributed by atoms with Gasteiger partial charge in [0.2, 0.25) is 0 Å². The van der Waals surface area contributed by atoms with Gasteiger partial charge < -0.3 is 52.1 Å². The van der Waals surface area contributed by atoms with Crippen LogP contribution in [0.1, 0.15) is 46.5 Å². The van der Waals surface area contributed by atoms with E-state index in [0.717, 1.165) is 12.8 Å². The lowest BCUT2D eigenvalue weighted by molar-refractivity contribution is -0.178. The van der Waals surface area contributed by atoms with E-state index in [1.54, 1.807) is 20.8 Å². The third kappa shape index (κ3) is 8.99. The highest BCUT2D eigenvalue weighted by atomic mass is 32.1. The van der Waals surface area contributed by atoms with Gasteiger partial charge in [0.15, 0.2) is 26.5 Å². The van der Waals surface area contributed by atoms with Gasteiger partial charge in [-0.15, -0.1) is 0 Å². The molecule has 5 saturated heterocycles. The number of fused-ring (bicyclic) bond motifs is 3. The molecule has 19 atom stereocenters. The fourth-order valence-corrected chi connectivity index (χ4v) is 10.9. The van der Waals surface area contributed by atoms with Crippen molar-refractivity contribution in [3.63, 3.8) is 0 Å². The Morgan fingerprint density at radius 1 is 0.590 bits per heavy atom. The first kappa shape index (κ1) is 46.2. The Kier molecular flexibility index (Phi) is 14.8. The second kappa shape index (κ2) is 19.5. The van der Waals surface area contributed by atoms with Crippen molar-refractivity contribution in [2.24, 2.45) is 65.1 Å². The van der Waals surface area contributed by atoms with Crippen molar-refractivity contribution in [1.82, 2.24) is 0 Å². The van der Waals surface area contributed by atoms with Gasteiger partial charge >= 0.3 is 41.8 Å². The summed E-state index contributed by atoms with van der Waals surface area (Å²) in [7, 11) is 1.31. The van der Waals surface area contributed by atoms with E-state index in [0.29, 0.717) is 41.9 Å². The summed E-state index contributed by atoms with van der Waals surface area (Å²) in [6.45, 7) is 4.77. The molecule has 9 aliphatic rings. The van der Waals surface area contributed by atoms with Crippen LogP contribution in [0.15, 0.2) is 0 Å². The first-order chi connectivity index (χ1) is 29.2. The molecule has 0 N–H and O–H groups in total. The summed E-state index contributed by atoms with van der Waals surface area (Å²) in [5.41, 5.74) is 0. The Morgan fingerprint density at radius 3 is 1.67 bits per heavy atom. The van der Waals surface area contributed by atoms with Crippen LogP contribution in [0.2, 0.25) is 0 Å². The normalized spacial score (nSPS) is 39.6. The smallest absolute Gasteiger partial charge is 0.312 e. The molecule has 0 spiro atoms. The molecular formula is C40H54O18S3. The number of methoxy groups -OCH3 is 1. The molecule has 61 heavy (non-hydrogen) atoms. The van der Waals surface area contributed by atoms with Gasteiger partial charge in [-0.1, -0.05) is 20.8 Å². The standard InChI is InChI=1S/C15H20O7S.C13H18O5S.C12H16O6S/c1-6(4-23)13(16)21-5-20-11-7-3-8-10(9(7)14(17)19-2)15(18)22-12(8)11;1-6(4-19)12(14)17-5-16-10-7-2-8-9(3-7)13(15)18-11(8)10;1-5(3-19)11(13)16-4-15-9-7-2-6-8(17-7)10(9)18-12(6)14/h6-12,23H,3-5H2,1-2H3;6-11,19H,2-5H2,1H3;5-10,19H,2-4H2,1H3. The van der Waals surface area contributed by atoms with Crippen molar-refractivity contribution >= 4 is 79.7 Å². The van der Waals surface area contributed by atoms with Crippen molar-refractivity contribution in [2.75, 3.05) is 44.7 Å². The van der Waals surface area contributed by atoms with Crippen LogP contribution in [0, 0.1) is 65.1 Å². The van der Waals surface area contributed by atoms with Crippen LogP contribution in [0.4, 0.5) is 0 Å². The molecule has 5 heterocycles. The van der Waals surface area contributed by atoms with E-state index < -0.39 is 29.9 Å². The summed E-state index contributed by atoms with van der Waals surface area (Å²) in [4.78, 5) is 81.6. The largest absolute Gasteiger partial charge is 0.469 e. The Hall–Kier alpha value is -2.82. The van der Waals surface area contributed by atoms with Crippen LogP contribution >= 0.6 is 37.9 Å². The van der Waals surface area contributed by atoms with Crippen molar-refractivity contribution in [3.05, 3.63) is 0 Å². The fraction of sp³-hybridized carbons (Fsp3) is 0.825. The number of carbonyl (C=O) groups excluding carboxylic acids is 7. The second-order valence-electron chi connectivity index (χ2n) is 17.2. The Balaban J connectivity index is 0.000000139. The van der Waals surface area contributed by atoms with Gasteiger partial charge in [0.25, 0.3) is 0 Å². The molecule has 0 radical (unpaired) electrons. The van der Waals surface area contributed by atoms with Crippen LogP contribution < -0.4 is 0 Å². The van der Waals surface area contributed by atoms with E-state index in [1.165, 1.54) is 7.11 Å². The monoisotopic (exact) mass is 918 g/mol. The van der Waals surface area contributed by atoms with Crippen LogP contribution in [-0.4, -0.2) is 135 Å². The first-order valence-electron chi connectivity index (χ1n) is 20.7. The van der Waals surface area contributed by atoms with Crippen LogP contribution in [0.3, 0.4) is 0 Å². The number of rotatable bonds is 16. The van der Waals surface area contributed by atoms with Crippen molar-refractivity contribution < 1.29 is 85.7 Å². The van der Waals surface area contributed by atoms with E-state index in [-0.39, 0.29) is 134 Å². The zero-order valence-electron chi connectivity index (χ0n) is 34.2. The first-order valence-corrected chi connectivity index (χ1v) is 22.6. The molecule has 9 rings (SSSR count). The zero-order valence-corrected chi connectivity index (χ0v) is 36.9. The van der Waals surface area contributed by atoms with Crippen molar-refractivity contribution in [3.8, 4) is 0 Å². The topological polar surface area (TPSA) is 221 Å². The number of carbonyl (C=O) groups is 7. The van der Waals surface area contributed by atoms with Gasteiger partial charge in [-0.3, -0.25) is 33.6 Å². The highest BCUT2D eigenvalue weighted by Crippen LogP contribution is 2.59. The van der Waals surface area contributed by atoms with Crippen LogP contribution in [-0.2, 0) is 85.7 Å². The predicted octanol–water partition coefficient (Wildman–Crippen LogP) is 1.59. The molecule has 0 aromatic heterocycles. The summed E-state index contributed by atoms with van der Waals surface area (Å²) >= 11 is 12.1. The number of hydrogen-bond acceptors (Lipinski definition) is 21. The lowest BCUT2D eigenvalue weighted by Crippen LogP contribution is -2.43. The fourth-order valence-electron chi connectivity index (χ4n) is 10.4. The molecule has 340 valence electrons. The highest BCUT2D eigenvalue weighted by Gasteiger charge is 2.69. The Bertz CT molecular complexity index is 1620. The lowest BCUT2D eigenvalue weighted by Gasteiger charge is -2.30. The van der Waals surface area contributed by atoms with E-state index in [9.17, 15) is 33.6 Å². The average Bonchev–Trinajstić information content (AvgIpc) is 4.14. The second-order valence-corrected chi connectivity index (χ2v) is 18.3. The molecule has 6 bridgehead atoms. The third-order valence-electron chi connectivity index (χ3n) is 13.6. The number of ether oxygens (including phenoxy) is 11. The minimum Gasteiger partial charge on any atom is -0.469 e. The van der Waals surface area contributed by atoms with Gasteiger partial charge in [0.1, 0.15) is 36.6 Å². The van der Waals surface area contributed by atoms with Gasteiger partial charge in [-0.25, -0.2) is 0 Å². The minimum atomic E-state index is -0.534. The van der Waals surface area contributed by atoms with E-state index in [4.69, 9.17) is 52.1 Å². The molecule has 4 aliphatic carbocycles. The molecule has 0 amide bonds. The number of hydrogen-bond donors (Lipinski definition) is 3. The molecule has 0 aromatic carbocycles. The molecule has 5 aliphatic heterocycles. The van der Waals surface area contributed by atoms with Gasteiger partial charge in [-0.2, -0.15) is 37.9 Å². The Labute approximate surface area is 369 Å². The number of esters is 7. The highest BCUT2D eigenvalue weighted by molar-refractivity contribution is 7.80. The van der Waals surface area contributed by atoms with E-state index in [2.05, 4.69) is 37.9 Å². The molecule has 19 unspecified atom stereocenters. The molecule has 21 heteroatoms.